The van der Waals surface area contributed by atoms with E-state index in [1.165, 1.54) is 18.9 Å². The van der Waals surface area contributed by atoms with E-state index in [0.29, 0.717) is 10.8 Å². The van der Waals surface area contributed by atoms with Crippen LogP contribution in [0.5, 0.6) is 11.5 Å². The molecule has 0 aromatic heterocycles. The van der Waals surface area contributed by atoms with E-state index in [1.54, 1.807) is 13.8 Å². The Labute approximate surface area is 212 Å². The number of ketones is 1. The zero-order chi connectivity index (χ0) is 26.0. The first-order valence-corrected chi connectivity index (χ1v) is 12.2. The molecule has 0 radical (unpaired) electrons. The van der Waals surface area contributed by atoms with E-state index in [0.717, 1.165) is 11.3 Å². The van der Waals surface area contributed by atoms with Crippen LogP contribution in [0.4, 0.5) is 0 Å². The molecule has 1 unspecified atom stereocenters. The molecule has 0 aliphatic heterocycles. The van der Waals surface area contributed by atoms with E-state index in [4.69, 9.17) is 21.7 Å². The second-order valence-corrected chi connectivity index (χ2v) is 8.06. The monoisotopic (exact) mass is 480 g/mol. The van der Waals surface area contributed by atoms with Gasteiger partial charge in [-0.25, -0.2) is 0 Å². The van der Waals surface area contributed by atoms with Crippen molar-refractivity contribution in [2.24, 2.45) is 0 Å². The van der Waals surface area contributed by atoms with Gasteiger partial charge in [0.25, 0.3) is 0 Å². The number of thiocarbonyl (C=S) groups is 1. The summed E-state index contributed by atoms with van der Waals surface area (Å²) in [6.07, 6.45) is 1.25. The highest BCUT2D eigenvalue weighted by Crippen LogP contribution is 2.30. The molecule has 184 valence electrons. The lowest BCUT2D eigenvalue weighted by Crippen LogP contribution is -2.35. The van der Waals surface area contributed by atoms with Gasteiger partial charge in [0.2, 0.25) is 0 Å². The lowest BCUT2D eigenvalue weighted by molar-refractivity contribution is -0.132. The van der Waals surface area contributed by atoms with Gasteiger partial charge in [0, 0.05) is 12.5 Å². The van der Waals surface area contributed by atoms with Crippen molar-refractivity contribution >= 4 is 23.1 Å². The predicted octanol–water partition coefficient (Wildman–Crippen LogP) is 9.08. The summed E-state index contributed by atoms with van der Waals surface area (Å²) in [5.41, 5.74) is 0.990. The third-order valence-corrected chi connectivity index (χ3v) is 4.43. The van der Waals surface area contributed by atoms with Crippen molar-refractivity contribution in [3.63, 3.8) is 0 Å². The first kappa shape index (κ1) is 31.0. The van der Waals surface area contributed by atoms with E-state index in [2.05, 4.69) is 32.9 Å². The van der Waals surface area contributed by atoms with Gasteiger partial charge in [0.05, 0.1) is 0 Å². The molecular weight excluding hydrogens is 440 g/mol. The Morgan fingerprint density at radius 1 is 0.794 bits per heavy atom. The van der Waals surface area contributed by atoms with Crippen molar-refractivity contribution in [3.8, 4) is 11.5 Å². The molecule has 3 nitrogen and oxygen atoms in total. The van der Waals surface area contributed by atoms with E-state index in [-0.39, 0.29) is 5.78 Å². The second kappa shape index (κ2) is 17.5. The summed E-state index contributed by atoms with van der Waals surface area (Å²) in [7, 11) is 0. The quantitative estimate of drug-likeness (QED) is 0.341. The number of rotatable bonds is 5. The lowest BCUT2D eigenvalue weighted by atomic mass is 9.92. The predicted molar refractivity (Wildman–Crippen MR) is 149 cm³/mol. The van der Waals surface area contributed by atoms with Crippen LogP contribution in [0.25, 0.3) is 0 Å². The van der Waals surface area contributed by atoms with Crippen molar-refractivity contribution in [2.75, 3.05) is 0 Å². The standard InChI is InChI=1S/C18H18O3S.C7H8.C3H8.C2H6/c1-13(19)18(3,21-14(2)22)15-9-11-17(12-10-15)20-16-7-5-4-6-8-16;1-7-5-3-2-4-6-7;1-3-2;1-2/h4-12H,1-3H3;2-6H,1H3;3H2,1-2H3;1-2H3. The van der Waals surface area contributed by atoms with E-state index in [9.17, 15) is 4.79 Å². The van der Waals surface area contributed by atoms with Gasteiger partial charge in [-0.1, -0.05) is 100 Å². The average molecular weight is 481 g/mol. The van der Waals surface area contributed by atoms with Gasteiger partial charge in [-0.05, 0) is 57.3 Å². The minimum absolute atomic E-state index is 0.103. The summed E-state index contributed by atoms with van der Waals surface area (Å²) in [6.45, 7) is 15.2. The van der Waals surface area contributed by atoms with Crippen molar-refractivity contribution in [1.29, 1.82) is 0 Å². The molecule has 34 heavy (non-hydrogen) atoms. The Bertz CT molecular complexity index is 938. The number of ether oxygens (including phenoxy) is 2. The Hall–Kier alpha value is -2.98. The number of para-hydroxylation sites is 1. The molecule has 0 heterocycles. The second-order valence-electron chi connectivity index (χ2n) is 7.48. The number of carbonyl (C=O) groups excluding carboxylic acids is 1. The zero-order valence-electron chi connectivity index (χ0n) is 21.9. The van der Waals surface area contributed by atoms with Gasteiger partial charge in [-0.2, -0.15) is 0 Å². The molecule has 1 atom stereocenters. The maximum Gasteiger partial charge on any atom is 0.189 e. The maximum atomic E-state index is 12.0. The number of Topliss-reactive ketones (excluding diaryl/α,β-unsaturated/α-hetero) is 1. The molecule has 0 saturated heterocycles. The fourth-order valence-corrected chi connectivity index (χ4v) is 2.79. The van der Waals surface area contributed by atoms with E-state index < -0.39 is 5.60 Å². The van der Waals surface area contributed by atoms with Gasteiger partial charge >= 0.3 is 0 Å². The molecule has 0 amide bonds. The minimum Gasteiger partial charge on any atom is -0.469 e. The summed E-state index contributed by atoms with van der Waals surface area (Å²) in [6, 6.07) is 27.0. The van der Waals surface area contributed by atoms with Crippen molar-refractivity contribution in [2.45, 2.75) is 67.4 Å². The fraction of sp³-hybridized carbons (Fsp3) is 0.333. The molecule has 0 spiro atoms. The first-order valence-electron chi connectivity index (χ1n) is 11.8. The summed E-state index contributed by atoms with van der Waals surface area (Å²) >= 11 is 4.98. The maximum absolute atomic E-state index is 12.0. The molecule has 0 fully saturated rings. The average Bonchev–Trinajstić information content (AvgIpc) is 2.82. The summed E-state index contributed by atoms with van der Waals surface area (Å²) in [5.74, 6) is 1.35. The third kappa shape index (κ3) is 11.8. The third-order valence-electron chi connectivity index (χ3n) is 4.34. The molecule has 0 aliphatic carbocycles. The topological polar surface area (TPSA) is 35.5 Å². The Morgan fingerprint density at radius 3 is 1.56 bits per heavy atom. The SMILES string of the molecule is CC.CC(=O)C(C)(OC(C)=S)c1ccc(Oc2ccccc2)cc1.CCC.Cc1ccccc1. The van der Waals surface area contributed by atoms with Crippen molar-refractivity contribution in [1.82, 2.24) is 0 Å². The lowest BCUT2D eigenvalue weighted by Gasteiger charge is -2.28. The zero-order valence-corrected chi connectivity index (χ0v) is 22.7. The molecular formula is C30H40O3S. The van der Waals surface area contributed by atoms with Crippen LogP contribution in [-0.2, 0) is 15.1 Å². The molecule has 0 bridgehead atoms. The number of hydrogen-bond acceptors (Lipinski definition) is 4. The van der Waals surface area contributed by atoms with Crippen molar-refractivity contribution < 1.29 is 14.3 Å². The molecule has 3 aromatic carbocycles. The smallest absolute Gasteiger partial charge is 0.189 e. The summed E-state index contributed by atoms with van der Waals surface area (Å²) < 4.78 is 11.3. The van der Waals surface area contributed by atoms with Crippen LogP contribution >= 0.6 is 12.2 Å². The van der Waals surface area contributed by atoms with Gasteiger partial charge in [0.15, 0.2) is 16.4 Å². The Kier molecular flexibility index (Phi) is 16.0. The largest absolute Gasteiger partial charge is 0.469 e. The molecule has 4 heteroatoms. The Morgan fingerprint density at radius 2 is 1.21 bits per heavy atom. The molecule has 0 N–H and O–H groups in total. The minimum atomic E-state index is -1.07. The van der Waals surface area contributed by atoms with Crippen LogP contribution < -0.4 is 4.74 Å². The van der Waals surface area contributed by atoms with Crippen molar-refractivity contribution in [3.05, 3.63) is 96.1 Å². The van der Waals surface area contributed by atoms with Crippen LogP contribution in [0.1, 0.15) is 66.0 Å². The van der Waals surface area contributed by atoms with Crippen LogP contribution in [0.3, 0.4) is 0 Å². The number of carbonyl (C=O) groups is 1. The highest BCUT2D eigenvalue weighted by atomic mass is 32.1. The molecule has 0 aliphatic rings. The van der Waals surface area contributed by atoms with E-state index >= 15 is 0 Å². The highest BCUT2D eigenvalue weighted by molar-refractivity contribution is 7.80. The first-order chi connectivity index (χ1) is 16.2. The number of benzene rings is 3. The fourth-order valence-electron chi connectivity index (χ4n) is 2.62. The highest BCUT2D eigenvalue weighted by Gasteiger charge is 2.34. The summed E-state index contributed by atoms with van der Waals surface area (Å²) in [5, 5.41) is 0.335. The Balaban J connectivity index is 0.000000750. The van der Waals surface area contributed by atoms with Crippen LogP contribution in [0.15, 0.2) is 84.9 Å². The molecule has 0 saturated carbocycles. The van der Waals surface area contributed by atoms with Crippen LogP contribution in [-0.4, -0.2) is 10.8 Å². The van der Waals surface area contributed by atoms with Gasteiger partial charge < -0.3 is 9.47 Å². The van der Waals surface area contributed by atoms with Crippen LogP contribution in [0, 0.1) is 6.92 Å². The molecule has 3 rings (SSSR count). The van der Waals surface area contributed by atoms with E-state index in [1.807, 2.05) is 86.6 Å². The summed E-state index contributed by atoms with van der Waals surface area (Å²) in [4.78, 5) is 12.0. The van der Waals surface area contributed by atoms with Crippen LogP contribution in [0.2, 0.25) is 0 Å². The molecule has 3 aromatic rings. The van der Waals surface area contributed by atoms with Gasteiger partial charge in [0.1, 0.15) is 11.5 Å². The normalized spacial score (nSPS) is 10.9. The number of aryl methyl sites for hydroxylation is 1. The van der Waals surface area contributed by atoms with Gasteiger partial charge in [-0.3, -0.25) is 4.79 Å². The number of hydrogen-bond donors (Lipinski definition) is 0. The van der Waals surface area contributed by atoms with Gasteiger partial charge in [-0.15, -0.1) is 0 Å².